The Morgan fingerprint density at radius 1 is 0.514 bits per heavy atom. The molecule has 35 heavy (non-hydrogen) atoms. The highest BCUT2D eigenvalue weighted by Gasteiger charge is 2.16. The van der Waals surface area contributed by atoms with Crippen LogP contribution < -0.4 is 0 Å². The fourth-order valence-electron chi connectivity index (χ4n) is 5.84. The highest BCUT2D eigenvalue weighted by Crippen LogP contribution is 2.28. The zero-order valence-electron chi connectivity index (χ0n) is 22.5. The summed E-state index contributed by atoms with van der Waals surface area (Å²) in [6.45, 7) is 20.2. The van der Waals surface area contributed by atoms with Crippen LogP contribution in [-0.4, -0.2) is 36.0 Å². The van der Waals surface area contributed by atoms with Gasteiger partial charge in [-0.2, -0.15) is 0 Å². The standard InChI is InChI=1S/C33H40N2/c1-22-16-30-10-8-28(18-32(30)26(5)24(22)3)20-34-12-7-13-35(15-14-34)21-29-9-11-31-17-23(2)25(4)27(6)33(31)19-29/h8-11,16-19H,7,12-15,20-21H2,1-6H3. The highest BCUT2D eigenvalue weighted by molar-refractivity contribution is 5.89. The van der Waals surface area contributed by atoms with E-state index in [9.17, 15) is 0 Å². The number of rotatable bonds is 4. The van der Waals surface area contributed by atoms with Gasteiger partial charge >= 0.3 is 0 Å². The van der Waals surface area contributed by atoms with Gasteiger partial charge in [-0.1, -0.05) is 36.4 Å². The number of hydrogen-bond acceptors (Lipinski definition) is 2. The number of benzene rings is 4. The van der Waals surface area contributed by atoms with Crippen molar-refractivity contribution in [2.75, 3.05) is 26.2 Å². The summed E-state index contributed by atoms with van der Waals surface area (Å²) >= 11 is 0. The van der Waals surface area contributed by atoms with Crippen LogP contribution >= 0.6 is 0 Å². The van der Waals surface area contributed by atoms with Crippen molar-refractivity contribution in [3.63, 3.8) is 0 Å². The van der Waals surface area contributed by atoms with Gasteiger partial charge < -0.3 is 0 Å². The molecule has 4 aromatic carbocycles. The van der Waals surface area contributed by atoms with Gasteiger partial charge in [-0.25, -0.2) is 0 Å². The minimum absolute atomic E-state index is 1.05. The fraction of sp³-hybridized carbons (Fsp3) is 0.394. The van der Waals surface area contributed by atoms with Crippen molar-refractivity contribution in [1.82, 2.24) is 9.80 Å². The van der Waals surface area contributed by atoms with E-state index in [0.717, 1.165) is 26.2 Å². The number of fused-ring (bicyclic) bond motifs is 2. The maximum atomic E-state index is 2.65. The molecule has 5 rings (SSSR count). The molecule has 0 unspecified atom stereocenters. The zero-order chi connectivity index (χ0) is 24.7. The SMILES string of the molecule is Cc1cc2ccc(CN3CCCN(Cc4ccc5cc(C)c(C)c(C)c5c4)CC3)cc2c(C)c1C. The van der Waals surface area contributed by atoms with Gasteiger partial charge in [0.25, 0.3) is 0 Å². The van der Waals surface area contributed by atoms with Crippen molar-refractivity contribution in [3.05, 3.63) is 93.0 Å². The number of hydrogen-bond donors (Lipinski definition) is 0. The van der Waals surface area contributed by atoms with E-state index < -0.39 is 0 Å². The summed E-state index contributed by atoms with van der Waals surface area (Å²) in [5.74, 6) is 0. The Hall–Kier alpha value is -2.68. The van der Waals surface area contributed by atoms with E-state index in [-0.39, 0.29) is 0 Å². The van der Waals surface area contributed by atoms with Gasteiger partial charge in [-0.3, -0.25) is 9.80 Å². The van der Waals surface area contributed by atoms with Crippen LogP contribution in [0.4, 0.5) is 0 Å². The maximum absolute atomic E-state index is 2.65. The van der Waals surface area contributed by atoms with Crippen molar-refractivity contribution in [1.29, 1.82) is 0 Å². The van der Waals surface area contributed by atoms with Crippen molar-refractivity contribution in [2.24, 2.45) is 0 Å². The van der Waals surface area contributed by atoms with Crippen molar-refractivity contribution >= 4 is 21.5 Å². The Balaban J connectivity index is 1.27. The van der Waals surface area contributed by atoms with Gasteiger partial charge in [-0.15, -0.1) is 0 Å². The summed E-state index contributed by atoms with van der Waals surface area (Å²) in [6.07, 6.45) is 1.23. The van der Waals surface area contributed by atoms with Gasteiger partial charge in [-0.05, 0) is 139 Å². The predicted octanol–water partition coefficient (Wildman–Crippen LogP) is 7.55. The van der Waals surface area contributed by atoms with E-state index in [1.54, 1.807) is 0 Å². The quantitative estimate of drug-likeness (QED) is 0.308. The molecular weight excluding hydrogens is 424 g/mol. The first-order chi connectivity index (χ1) is 16.8. The lowest BCUT2D eigenvalue weighted by Gasteiger charge is -2.22. The van der Waals surface area contributed by atoms with Crippen LogP contribution in [0.3, 0.4) is 0 Å². The van der Waals surface area contributed by atoms with Gasteiger partial charge in [0.2, 0.25) is 0 Å². The molecule has 1 heterocycles. The molecule has 182 valence electrons. The van der Waals surface area contributed by atoms with E-state index >= 15 is 0 Å². The molecular formula is C33H40N2. The van der Waals surface area contributed by atoms with Crippen LogP contribution in [0.2, 0.25) is 0 Å². The third kappa shape index (κ3) is 4.87. The average molecular weight is 465 g/mol. The fourth-order valence-corrected chi connectivity index (χ4v) is 5.84. The van der Waals surface area contributed by atoms with Crippen LogP contribution in [0.25, 0.3) is 21.5 Å². The largest absolute Gasteiger partial charge is 0.298 e. The monoisotopic (exact) mass is 464 g/mol. The second kappa shape index (κ2) is 9.76. The number of nitrogens with zero attached hydrogens (tertiary/aromatic N) is 2. The minimum Gasteiger partial charge on any atom is -0.298 e. The van der Waals surface area contributed by atoms with Crippen molar-refractivity contribution in [2.45, 2.75) is 61.1 Å². The molecule has 4 aromatic rings. The first kappa shape index (κ1) is 24.0. The summed E-state index contributed by atoms with van der Waals surface area (Å²) in [6, 6.07) is 18.8. The summed E-state index contributed by atoms with van der Waals surface area (Å²) in [5, 5.41) is 5.57. The molecule has 0 atom stereocenters. The Labute approximate surface area is 211 Å². The summed E-state index contributed by atoms with van der Waals surface area (Å²) in [5.41, 5.74) is 11.4. The van der Waals surface area contributed by atoms with Crippen molar-refractivity contribution in [3.8, 4) is 0 Å². The third-order valence-corrected chi connectivity index (χ3v) is 8.59. The summed E-state index contributed by atoms with van der Waals surface area (Å²) < 4.78 is 0. The van der Waals surface area contributed by atoms with Gasteiger partial charge in [0.15, 0.2) is 0 Å². The summed E-state index contributed by atoms with van der Waals surface area (Å²) in [4.78, 5) is 5.29. The maximum Gasteiger partial charge on any atom is 0.0234 e. The molecule has 0 bridgehead atoms. The van der Waals surface area contributed by atoms with E-state index in [1.165, 1.54) is 85.6 Å². The van der Waals surface area contributed by atoms with E-state index in [0.29, 0.717) is 0 Å². The molecule has 0 N–H and O–H groups in total. The van der Waals surface area contributed by atoms with Gasteiger partial charge in [0.1, 0.15) is 0 Å². The molecule has 1 fully saturated rings. The van der Waals surface area contributed by atoms with Crippen LogP contribution in [0.5, 0.6) is 0 Å². The molecule has 1 aliphatic heterocycles. The molecule has 0 radical (unpaired) electrons. The molecule has 1 saturated heterocycles. The molecule has 0 spiro atoms. The molecule has 0 aromatic heterocycles. The average Bonchev–Trinajstić information content (AvgIpc) is 3.07. The highest BCUT2D eigenvalue weighted by atomic mass is 15.2. The van der Waals surface area contributed by atoms with Crippen molar-refractivity contribution < 1.29 is 0 Å². The molecule has 0 saturated carbocycles. The lowest BCUT2D eigenvalue weighted by molar-refractivity contribution is 0.247. The van der Waals surface area contributed by atoms with Crippen LogP contribution in [-0.2, 0) is 13.1 Å². The van der Waals surface area contributed by atoms with Gasteiger partial charge in [0.05, 0.1) is 0 Å². The molecule has 2 nitrogen and oxygen atoms in total. The zero-order valence-corrected chi connectivity index (χ0v) is 22.5. The van der Waals surface area contributed by atoms with Gasteiger partial charge in [0, 0.05) is 26.2 Å². The van der Waals surface area contributed by atoms with E-state index in [1.807, 2.05) is 0 Å². The molecule has 0 aliphatic carbocycles. The second-order valence-corrected chi connectivity index (χ2v) is 10.9. The van der Waals surface area contributed by atoms with E-state index in [4.69, 9.17) is 0 Å². The normalized spacial score (nSPS) is 15.7. The predicted molar refractivity (Wildman–Crippen MR) is 151 cm³/mol. The van der Waals surface area contributed by atoms with E-state index in [2.05, 4.69) is 99.9 Å². The number of aryl methyl sites for hydroxylation is 4. The topological polar surface area (TPSA) is 6.48 Å². The van der Waals surface area contributed by atoms with Crippen LogP contribution in [0.1, 0.15) is 50.9 Å². The molecule has 0 amide bonds. The Kier molecular flexibility index (Phi) is 6.70. The Morgan fingerprint density at radius 3 is 1.37 bits per heavy atom. The lowest BCUT2D eigenvalue weighted by atomic mass is 9.95. The summed E-state index contributed by atoms with van der Waals surface area (Å²) in [7, 11) is 0. The Bertz CT molecular complexity index is 1290. The second-order valence-electron chi connectivity index (χ2n) is 10.9. The van der Waals surface area contributed by atoms with Crippen LogP contribution in [0.15, 0.2) is 48.5 Å². The lowest BCUT2D eigenvalue weighted by Crippen LogP contribution is -2.30. The third-order valence-electron chi connectivity index (χ3n) is 8.59. The smallest absolute Gasteiger partial charge is 0.0234 e. The molecule has 2 heteroatoms. The first-order valence-corrected chi connectivity index (χ1v) is 13.2. The van der Waals surface area contributed by atoms with Crippen LogP contribution in [0, 0.1) is 41.5 Å². The first-order valence-electron chi connectivity index (χ1n) is 13.2. The Morgan fingerprint density at radius 2 is 0.943 bits per heavy atom. The minimum atomic E-state index is 1.05. The molecule has 1 aliphatic rings.